The van der Waals surface area contributed by atoms with Gasteiger partial charge in [0.15, 0.2) is 0 Å². The minimum atomic E-state index is 0.369. The molecule has 1 aromatic carbocycles. The van der Waals surface area contributed by atoms with Crippen molar-refractivity contribution in [2.75, 3.05) is 0 Å². The molecule has 1 unspecified atom stereocenters. The van der Waals surface area contributed by atoms with Crippen LogP contribution in [0.25, 0.3) is 22.6 Å². The summed E-state index contributed by atoms with van der Waals surface area (Å²) in [6.45, 7) is 0. The highest BCUT2D eigenvalue weighted by Gasteiger charge is 2.16. The van der Waals surface area contributed by atoms with Crippen molar-refractivity contribution in [1.82, 2.24) is 4.98 Å². The van der Waals surface area contributed by atoms with Gasteiger partial charge < -0.3 is 0 Å². The monoisotopic (exact) mass is 251 g/mol. The summed E-state index contributed by atoms with van der Waals surface area (Å²) in [6, 6.07) is 8.09. The van der Waals surface area contributed by atoms with E-state index in [0.29, 0.717) is 5.92 Å². The number of hydrogen-bond donors (Lipinski definition) is 0. The normalized spacial score (nSPS) is 19.8. The molecule has 2 heteroatoms. The van der Waals surface area contributed by atoms with Crippen LogP contribution in [-0.2, 0) is 0 Å². The highest BCUT2D eigenvalue weighted by Crippen LogP contribution is 2.24. The predicted molar refractivity (Wildman–Crippen MR) is 75.6 cm³/mol. The molecule has 2 aliphatic carbocycles. The fourth-order valence-corrected chi connectivity index (χ4v) is 2.89. The molecule has 0 saturated carbocycles. The third-order valence-corrected chi connectivity index (χ3v) is 3.83. The fourth-order valence-electron chi connectivity index (χ4n) is 2.67. The third kappa shape index (κ3) is 1.31. The van der Waals surface area contributed by atoms with Crippen LogP contribution in [0.2, 0.25) is 5.02 Å². The number of rotatable bonds is 0. The van der Waals surface area contributed by atoms with E-state index in [1.807, 2.05) is 12.1 Å². The Morgan fingerprint density at radius 3 is 3.06 bits per heavy atom. The van der Waals surface area contributed by atoms with Gasteiger partial charge in [-0.2, -0.15) is 0 Å². The van der Waals surface area contributed by atoms with E-state index in [-0.39, 0.29) is 0 Å². The number of halogens is 1. The summed E-state index contributed by atoms with van der Waals surface area (Å²) < 4.78 is 0. The Bertz CT molecular complexity index is 843. The average molecular weight is 252 g/mol. The van der Waals surface area contributed by atoms with Gasteiger partial charge in [0.25, 0.3) is 0 Å². The molecule has 2 aliphatic rings. The molecule has 0 bridgehead atoms. The first-order valence-electron chi connectivity index (χ1n) is 5.99. The van der Waals surface area contributed by atoms with Gasteiger partial charge in [0, 0.05) is 11.3 Å². The van der Waals surface area contributed by atoms with Crippen LogP contribution >= 0.6 is 11.6 Å². The number of pyridine rings is 1. The van der Waals surface area contributed by atoms with Crippen molar-refractivity contribution in [2.45, 2.75) is 0 Å². The maximum absolute atomic E-state index is 6.22. The summed E-state index contributed by atoms with van der Waals surface area (Å²) in [5.41, 5.74) is 2.16. The van der Waals surface area contributed by atoms with Gasteiger partial charge in [-0.3, -0.25) is 0 Å². The first kappa shape index (κ1) is 10.1. The molecule has 0 fully saturated rings. The fraction of sp³-hybridized carbons (Fsp3) is 0.0625. The molecular formula is C16H10ClN. The Balaban J connectivity index is 2.19. The lowest BCUT2D eigenvalue weighted by Crippen LogP contribution is -2.26. The van der Waals surface area contributed by atoms with Gasteiger partial charge in [0.2, 0.25) is 0 Å². The third-order valence-electron chi connectivity index (χ3n) is 3.52. The van der Waals surface area contributed by atoms with Gasteiger partial charge in [-0.15, -0.1) is 0 Å². The SMILES string of the molecule is Clc1cccc2cc3c(nc12)=C1C=CC=CC1C=3. The number of nitrogens with zero attached hydrogens (tertiary/aromatic N) is 1. The van der Waals surface area contributed by atoms with E-state index in [1.165, 1.54) is 10.8 Å². The Labute approximate surface area is 109 Å². The van der Waals surface area contributed by atoms with Crippen LogP contribution < -0.4 is 10.6 Å². The molecule has 0 N–H and O–H groups in total. The highest BCUT2D eigenvalue weighted by atomic mass is 35.5. The van der Waals surface area contributed by atoms with Crippen LogP contribution in [0.5, 0.6) is 0 Å². The van der Waals surface area contributed by atoms with Gasteiger partial charge >= 0.3 is 0 Å². The van der Waals surface area contributed by atoms with Crippen LogP contribution in [-0.4, -0.2) is 4.98 Å². The first-order valence-corrected chi connectivity index (χ1v) is 6.37. The zero-order valence-corrected chi connectivity index (χ0v) is 10.4. The summed E-state index contributed by atoms with van der Waals surface area (Å²) in [5, 5.41) is 4.10. The largest absolute Gasteiger partial charge is 0.246 e. The minimum absolute atomic E-state index is 0.369. The number of hydrogen-bond acceptors (Lipinski definition) is 1. The molecule has 0 saturated heterocycles. The Hall–Kier alpha value is -1.86. The molecule has 2 aromatic rings. The van der Waals surface area contributed by atoms with Crippen molar-refractivity contribution in [3.05, 3.63) is 64.2 Å². The van der Waals surface area contributed by atoms with E-state index < -0.39 is 0 Å². The highest BCUT2D eigenvalue weighted by molar-refractivity contribution is 6.35. The average Bonchev–Trinajstić information content (AvgIpc) is 2.75. The lowest BCUT2D eigenvalue weighted by molar-refractivity contribution is 1.16. The maximum atomic E-state index is 6.22. The second-order valence-electron chi connectivity index (χ2n) is 4.63. The smallest absolute Gasteiger partial charge is 0.0895 e. The van der Waals surface area contributed by atoms with Crippen LogP contribution in [0.15, 0.2) is 48.6 Å². The van der Waals surface area contributed by atoms with Crippen molar-refractivity contribution in [1.29, 1.82) is 0 Å². The van der Waals surface area contributed by atoms with Crippen molar-refractivity contribution in [2.24, 2.45) is 5.92 Å². The van der Waals surface area contributed by atoms with E-state index in [1.54, 1.807) is 0 Å². The number of aromatic nitrogens is 1. The molecular weight excluding hydrogens is 242 g/mol. The van der Waals surface area contributed by atoms with Gasteiger partial charge in [0.1, 0.15) is 0 Å². The van der Waals surface area contributed by atoms with E-state index in [4.69, 9.17) is 16.6 Å². The molecule has 1 nitrogen and oxygen atoms in total. The van der Waals surface area contributed by atoms with E-state index in [0.717, 1.165) is 21.3 Å². The lowest BCUT2D eigenvalue weighted by atomic mass is 9.98. The molecule has 86 valence electrons. The van der Waals surface area contributed by atoms with E-state index in [9.17, 15) is 0 Å². The van der Waals surface area contributed by atoms with Gasteiger partial charge in [-0.1, -0.05) is 54.1 Å². The van der Waals surface area contributed by atoms with Crippen LogP contribution in [0.3, 0.4) is 0 Å². The van der Waals surface area contributed by atoms with Gasteiger partial charge in [-0.05, 0) is 22.9 Å². The Morgan fingerprint density at radius 1 is 1.17 bits per heavy atom. The standard InChI is InChI=1S/C16H10ClN/c17-14-7-3-5-11-9-12-8-10-4-1-2-6-13(10)15(12)18-16(11)14/h1-10H. The van der Waals surface area contributed by atoms with E-state index >= 15 is 0 Å². The maximum Gasteiger partial charge on any atom is 0.0895 e. The lowest BCUT2D eigenvalue weighted by Gasteiger charge is -2.07. The minimum Gasteiger partial charge on any atom is -0.246 e. The molecule has 4 rings (SSSR count). The predicted octanol–water partition coefficient (Wildman–Crippen LogP) is 2.58. The van der Waals surface area contributed by atoms with Crippen molar-refractivity contribution in [3.63, 3.8) is 0 Å². The number of fused-ring (bicyclic) bond motifs is 3. The first-order chi connectivity index (χ1) is 8.83. The van der Waals surface area contributed by atoms with Crippen LogP contribution in [0.1, 0.15) is 0 Å². The molecule has 1 heterocycles. The topological polar surface area (TPSA) is 12.9 Å². The number of allylic oxidation sites excluding steroid dienone is 4. The second-order valence-corrected chi connectivity index (χ2v) is 5.04. The molecule has 0 amide bonds. The van der Waals surface area contributed by atoms with Crippen LogP contribution in [0, 0.1) is 5.92 Å². The van der Waals surface area contributed by atoms with Gasteiger partial charge in [0.05, 0.1) is 15.9 Å². The van der Waals surface area contributed by atoms with Crippen molar-refractivity contribution in [3.8, 4) is 0 Å². The Morgan fingerprint density at radius 2 is 2.11 bits per heavy atom. The number of para-hydroxylation sites is 1. The molecule has 1 atom stereocenters. The van der Waals surface area contributed by atoms with Crippen molar-refractivity contribution < 1.29 is 0 Å². The molecule has 0 spiro atoms. The van der Waals surface area contributed by atoms with Crippen LogP contribution in [0.4, 0.5) is 0 Å². The second kappa shape index (κ2) is 3.56. The number of benzene rings is 1. The summed E-state index contributed by atoms with van der Waals surface area (Å²) >= 11 is 6.22. The summed E-state index contributed by atoms with van der Waals surface area (Å²) in [6.07, 6.45) is 10.8. The zero-order chi connectivity index (χ0) is 12.1. The van der Waals surface area contributed by atoms with Crippen molar-refractivity contribution >= 4 is 34.2 Å². The molecule has 0 aliphatic heterocycles. The molecule has 1 aromatic heterocycles. The van der Waals surface area contributed by atoms with E-state index in [2.05, 4.69) is 42.5 Å². The molecule has 0 radical (unpaired) electrons. The summed E-state index contributed by atoms with van der Waals surface area (Å²) in [7, 11) is 0. The van der Waals surface area contributed by atoms with Gasteiger partial charge in [-0.25, -0.2) is 4.98 Å². The summed E-state index contributed by atoms with van der Waals surface area (Å²) in [4.78, 5) is 4.75. The zero-order valence-electron chi connectivity index (χ0n) is 9.60. The Kier molecular flexibility index (Phi) is 2.00. The quantitative estimate of drug-likeness (QED) is 0.701. The summed E-state index contributed by atoms with van der Waals surface area (Å²) in [5.74, 6) is 0.369. The molecule has 18 heavy (non-hydrogen) atoms.